The number of rotatable bonds is 6. The van der Waals surface area contributed by atoms with Crippen LogP contribution in [-0.2, 0) is 32.7 Å². The standard InChI is InChI=1S/2C8H10O2.2C7H7O.CH4.Y/c1-9-7-3-5-8(10-2)6-4-7;1-9-7-4-3-5-8(6-7)10-2;2*1-8-7-5-3-2-4-6-7;;/h2*3-6H,1-2H3;2*3-6H,1H3;1H4;/q;;2*-1;;. The Hall–Kier alpha value is -3.22. The van der Waals surface area contributed by atoms with Crippen molar-refractivity contribution in [3.8, 4) is 34.5 Å². The van der Waals surface area contributed by atoms with Crippen molar-refractivity contribution >= 4 is 0 Å². The van der Waals surface area contributed by atoms with Gasteiger partial charge in [-0.1, -0.05) is 13.5 Å². The maximum Gasteiger partial charge on any atom is 0.122 e. The summed E-state index contributed by atoms with van der Waals surface area (Å²) in [7, 11) is 9.85. The SMILES string of the molecule is C.COc1cc[c-]cc1.COc1cc[c-]cc1.COc1ccc(OC)cc1.COc1cccc(OC)c1.[Y]. The molecule has 0 spiro atoms. The zero-order chi connectivity index (χ0) is 26.4. The first kappa shape index (κ1) is 36.9. The normalized spacial score (nSPS) is 8.37. The summed E-state index contributed by atoms with van der Waals surface area (Å²) in [5.41, 5.74) is 0. The molecule has 0 bridgehead atoms. The van der Waals surface area contributed by atoms with Gasteiger partial charge in [0.2, 0.25) is 0 Å². The predicted molar refractivity (Wildman–Crippen MR) is 149 cm³/mol. The predicted octanol–water partition coefficient (Wildman–Crippen LogP) is 7.03. The number of benzene rings is 4. The molecule has 0 aliphatic heterocycles. The van der Waals surface area contributed by atoms with E-state index < -0.39 is 0 Å². The van der Waals surface area contributed by atoms with Gasteiger partial charge in [0.1, 0.15) is 23.0 Å². The van der Waals surface area contributed by atoms with Crippen LogP contribution in [0.2, 0.25) is 0 Å². The zero-order valence-electron chi connectivity index (χ0n) is 22.3. The third-order valence-corrected chi connectivity index (χ3v) is 4.42. The third kappa shape index (κ3) is 16.5. The molecule has 0 saturated carbocycles. The quantitative estimate of drug-likeness (QED) is 0.223. The Morgan fingerprint density at radius 1 is 0.395 bits per heavy atom. The summed E-state index contributed by atoms with van der Waals surface area (Å²) in [4.78, 5) is 0. The van der Waals surface area contributed by atoms with E-state index in [1.54, 1.807) is 42.7 Å². The van der Waals surface area contributed by atoms with Gasteiger partial charge in [0, 0.05) is 50.3 Å². The smallest absolute Gasteiger partial charge is 0.122 e. The van der Waals surface area contributed by atoms with E-state index in [0.717, 1.165) is 34.5 Å². The Bertz CT molecular complexity index is 963. The van der Waals surface area contributed by atoms with Crippen LogP contribution in [-0.4, -0.2) is 42.7 Å². The number of hydrogen-bond donors (Lipinski definition) is 0. The van der Waals surface area contributed by atoms with Crippen LogP contribution in [0.15, 0.2) is 97.1 Å². The summed E-state index contributed by atoms with van der Waals surface area (Å²) in [6, 6.07) is 35.4. The van der Waals surface area contributed by atoms with Crippen molar-refractivity contribution < 1.29 is 61.1 Å². The first-order valence-corrected chi connectivity index (χ1v) is 11.0. The van der Waals surface area contributed by atoms with E-state index in [-0.39, 0.29) is 40.1 Å². The van der Waals surface area contributed by atoms with E-state index in [0.29, 0.717) is 0 Å². The summed E-state index contributed by atoms with van der Waals surface area (Å²) >= 11 is 0. The molecule has 0 amide bonds. The summed E-state index contributed by atoms with van der Waals surface area (Å²) in [6.07, 6.45) is 0. The van der Waals surface area contributed by atoms with Crippen LogP contribution in [0.3, 0.4) is 0 Å². The fourth-order valence-electron chi connectivity index (χ4n) is 2.46. The van der Waals surface area contributed by atoms with Crippen molar-refractivity contribution in [3.63, 3.8) is 0 Å². The largest absolute Gasteiger partial charge is 0.522 e. The van der Waals surface area contributed by atoms with Gasteiger partial charge in [-0.15, -0.1) is 24.3 Å². The second-order valence-corrected chi connectivity index (χ2v) is 6.64. The van der Waals surface area contributed by atoms with E-state index in [1.807, 2.05) is 97.1 Å². The minimum Gasteiger partial charge on any atom is -0.522 e. The summed E-state index contributed by atoms with van der Waals surface area (Å²) in [5, 5.41) is 0. The Morgan fingerprint density at radius 3 is 0.895 bits per heavy atom. The second-order valence-electron chi connectivity index (χ2n) is 6.64. The molecule has 0 unspecified atom stereocenters. The van der Waals surface area contributed by atoms with Gasteiger partial charge < -0.3 is 28.4 Å². The van der Waals surface area contributed by atoms with Crippen molar-refractivity contribution in [2.45, 2.75) is 7.43 Å². The molecule has 0 N–H and O–H groups in total. The molecule has 4 aromatic rings. The maximum absolute atomic E-state index is 4.98. The molecule has 0 aliphatic rings. The van der Waals surface area contributed by atoms with E-state index >= 15 is 0 Å². The molecule has 0 fully saturated rings. The Labute approximate surface area is 253 Å². The molecule has 4 rings (SSSR count). The minimum atomic E-state index is 0. The summed E-state index contributed by atoms with van der Waals surface area (Å²) < 4.78 is 29.7. The first-order valence-electron chi connectivity index (χ1n) is 11.0. The van der Waals surface area contributed by atoms with E-state index in [1.165, 1.54) is 0 Å². The molecule has 6 nitrogen and oxygen atoms in total. The average Bonchev–Trinajstić information content (AvgIpc) is 2.99. The average molecular weight is 596 g/mol. The van der Waals surface area contributed by atoms with Crippen LogP contribution in [0.4, 0.5) is 0 Å². The van der Waals surface area contributed by atoms with Gasteiger partial charge in [-0.25, -0.2) is 0 Å². The third-order valence-electron chi connectivity index (χ3n) is 4.42. The summed E-state index contributed by atoms with van der Waals surface area (Å²) in [5.74, 6) is 5.09. The molecule has 0 aromatic heterocycles. The molecule has 4 aromatic carbocycles. The Morgan fingerprint density at radius 2 is 0.658 bits per heavy atom. The Kier molecular flexibility index (Phi) is 23.5. The minimum absolute atomic E-state index is 0. The van der Waals surface area contributed by atoms with Crippen LogP contribution < -0.4 is 28.4 Å². The van der Waals surface area contributed by atoms with Gasteiger partial charge in [0.05, 0.1) is 42.7 Å². The zero-order valence-corrected chi connectivity index (χ0v) is 25.1. The van der Waals surface area contributed by atoms with Gasteiger partial charge in [0.25, 0.3) is 0 Å². The van der Waals surface area contributed by atoms with Crippen LogP contribution in [0, 0.1) is 12.1 Å². The van der Waals surface area contributed by atoms with Crippen molar-refractivity contribution in [3.05, 3.63) is 109 Å². The van der Waals surface area contributed by atoms with Gasteiger partial charge in [-0.3, -0.25) is 0 Å². The molecule has 0 heterocycles. The monoisotopic (exact) mass is 595 g/mol. The molecule has 38 heavy (non-hydrogen) atoms. The van der Waals surface area contributed by atoms with Crippen molar-refractivity contribution in [1.82, 2.24) is 0 Å². The van der Waals surface area contributed by atoms with E-state index in [2.05, 4.69) is 12.1 Å². The molecule has 0 saturated heterocycles. The molecule has 1 radical (unpaired) electrons. The first-order chi connectivity index (χ1) is 17.6. The van der Waals surface area contributed by atoms with Gasteiger partial charge in [-0.05, 0) is 36.4 Å². The van der Waals surface area contributed by atoms with Crippen molar-refractivity contribution in [1.29, 1.82) is 0 Å². The van der Waals surface area contributed by atoms with Crippen LogP contribution in [0.1, 0.15) is 7.43 Å². The fourth-order valence-corrected chi connectivity index (χ4v) is 2.46. The Balaban J connectivity index is 0. The van der Waals surface area contributed by atoms with Gasteiger partial charge in [0.15, 0.2) is 0 Å². The molecule has 203 valence electrons. The van der Waals surface area contributed by atoms with Gasteiger partial charge in [-0.2, -0.15) is 36.4 Å². The molecular formula is C31H38O6Y-2. The molecule has 7 heteroatoms. The van der Waals surface area contributed by atoms with Crippen molar-refractivity contribution in [2.24, 2.45) is 0 Å². The van der Waals surface area contributed by atoms with Gasteiger partial charge >= 0.3 is 0 Å². The van der Waals surface area contributed by atoms with Crippen LogP contribution >= 0.6 is 0 Å². The van der Waals surface area contributed by atoms with Crippen molar-refractivity contribution in [2.75, 3.05) is 42.7 Å². The maximum atomic E-state index is 4.98. The van der Waals surface area contributed by atoms with Crippen LogP contribution in [0.25, 0.3) is 0 Å². The molecule has 0 aliphatic carbocycles. The van der Waals surface area contributed by atoms with E-state index in [9.17, 15) is 0 Å². The molecule has 0 atom stereocenters. The second kappa shape index (κ2) is 24.1. The summed E-state index contributed by atoms with van der Waals surface area (Å²) in [6.45, 7) is 0. The number of ether oxygens (including phenoxy) is 6. The van der Waals surface area contributed by atoms with Crippen LogP contribution in [0.5, 0.6) is 34.5 Å². The topological polar surface area (TPSA) is 55.4 Å². The van der Waals surface area contributed by atoms with E-state index in [4.69, 9.17) is 28.4 Å². The molecular weight excluding hydrogens is 557 g/mol. The fraction of sp³-hybridized carbons (Fsp3) is 0.226. The number of methoxy groups -OCH3 is 6. The number of hydrogen-bond acceptors (Lipinski definition) is 6.